The molecule has 35 heavy (non-hydrogen) atoms. The SMILES string of the molecule is CCC(Nc1ncnc2c1nc(-c1cnc(C)nc1)n2CC)C(=O)N1CCC(OCCOC)CC1. The summed E-state index contributed by atoms with van der Waals surface area (Å²) in [6, 6.07) is -0.406. The molecule has 3 aromatic rings. The molecule has 1 aliphatic heterocycles. The molecule has 4 rings (SSSR count). The third kappa shape index (κ3) is 5.57. The van der Waals surface area contributed by atoms with Crippen molar-refractivity contribution in [2.45, 2.75) is 58.7 Å². The predicted molar refractivity (Wildman–Crippen MR) is 132 cm³/mol. The van der Waals surface area contributed by atoms with E-state index >= 15 is 0 Å². The van der Waals surface area contributed by atoms with Crippen LogP contribution in [0.2, 0.25) is 0 Å². The topological polar surface area (TPSA) is 120 Å². The lowest BCUT2D eigenvalue weighted by molar-refractivity contribution is -0.134. The van der Waals surface area contributed by atoms with E-state index in [1.54, 1.807) is 19.5 Å². The van der Waals surface area contributed by atoms with E-state index in [2.05, 4.69) is 25.3 Å². The molecule has 0 saturated carbocycles. The molecule has 1 saturated heterocycles. The summed E-state index contributed by atoms with van der Waals surface area (Å²) >= 11 is 0. The maximum absolute atomic E-state index is 13.3. The molecule has 1 atom stereocenters. The van der Waals surface area contributed by atoms with Crippen molar-refractivity contribution in [1.29, 1.82) is 0 Å². The molecule has 188 valence electrons. The molecule has 1 aliphatic rings. The van der Waals surface area contributed by atoms with Gasteiger partial charge in [-0.15, -0.1) is 0 Å². The molecule has 0 aromatic carbocycles. The Labute approximate surface area is 205 Å². The fourth-order valence-corrected chi connectivity index (χ4v) is 4.33. The number of likely N-dealkylation sites (tertiary alicyclic amines) is 1. The number of aromatic nitrogens is 6. The van der Waals surface area contributed by atoms with Crippen molar-refractivity contribution in [3.05, 3.63) is 24.5 Å². The van der Waals surface area contributed by atoms with E-state index < -0.39 is 6.04 Å². The Morgan fingerprint density at radius 2 is 1.89 bits per heavy atom. The monoisotopic (exact) mass is 482 g/mol. The number of piperidine rings is 1. The normalized spacial score (nSPS) is 15.5. The van der Waals surface area contributed by atoms with E-state index in [4.69, 9.17) is 14.5 Å². The second kappa shape index (κ2) is 11.5. The standard InChI is InChI=1S/C24H34N8O3/c1-5-19(24(33)31-9-7-18(8-10-31)35-12-11-34-4)29-21-20-23(28-15-27-21)32(6-2)22(30-20)17-13-25-16(3)26-14-17/h13-15,18-19H,5-12H2,1-4H3,(H,27,28,29). The summed E-state index contributed by atoms with van der Waals surface area (Å²) in [4.78, 5) is 37.6. The third-order valence-corrected chi connectivity index (χ3v) is 6.30. The number of aryl methyl sites for hydroxylation is 2. The van der Waals surface area contributed by atoms with Gasteiger partial charge in [0.25, 0.3) is 0 Å². The highest BCUT2D eigenvalue weighted by molar-refractivity contribution is 5.90. The number of anilines is 1. The lowest BCUT2D eigenvalue weighted by Crippen LogP contribution is -2.47. The zero-order chi connectivity index (χ0) is 24.8. The van der Waals surface area contributed by atoms with Gasteiger partial charge in [-0.1, -0.05) is 6.92 Å². The fraction of sp³-hybridized carbons (Fsp3) is 0.583. The van der Waals surface area contributed by atoms with E-state index in [0.29, 0.717) is 62.1 Å². The second-order valence-corrected chi connectivity index (χ2v) is 8.59. The van der Waals surface area contributed by atoms with Crippen molar-refractivity contribution < 1.29 is 14.3 Å². The molecule has 1 amide bonds. The predicted octanol–water partition coefficient (Wildman–Crippen LogP) is 2.46. The first-order valence-electron chi connectivity index (χ1n) is 12.2. The van der Waals surface area contributed by atoms with Crippen LogP contribution in [0, 0.1) is 6.92 Å². The van der Waals surface area contributed by atoms with E-state index in [1.165, 1.54) is 6.33 Å². The minimum absolute atomic E-state index is 0.0664. The quantitative estimate of drug-likeness (QED) is 0.434. The number of imidazole rings is 1. The van der Waals surface area contributed by atoms with Crippen LogP contribution in [-0.4, -0.2) is 85.9 Å². The summed E-state index contributed by atoms with van der Waals surface area (Å²) < 4.78 is 12.9. The lowest BCUT2D eigenvalue weighted by Gasteiger charge is -2.34. The van der Waals surface area contributed by atoms with Crippen LogP contribution in [0.4, 0.5) is 5.82 Å². The van der Waals surface area contributed by atoms with Crippen LogP contribution < -0.4 is 5.32 Å². The van der Waals surface area contributed by atoms with E-state index in [9.17, 15) is 4.79 Å². The van der Waals surface area contributed by atoms with Gasteiger partial charge in [0.2, 0.25) is 5.91 Å². The van der Waals surface area contributed by atoms with Crippen LogP contribution in [-0.2, 0) is 20.8 Å². The van der Waals surface area contributed by atoms with Crippen LogP contribution in [0.1, 0.15) is 38.9 Å². The summed E-state index contributed by atoms with van der Waals surface area (Å²) in [5, 5.41) is 3.35. The van der Waals surface area contributed by atoms with Crippen LogP contribution in [0.3, 0.4) is 0 Å². The van der Waals surface area contributed by atoms with Crippen LogP contribution in [0.25, 0.3) is 22.6 Å². The zero-order valence-corrected chi connectivity index (χ0v) is 20.9. The molecule has 1 unspecified atom stereocenters. The van der Waals surface area contributed by atoms with Crippen LogP contribution in [0.15, 0.2) is 18.7 Å². The molecule has 0 radical (unpaired) electrons. The van der Waals surface area contributed by atoms with Gasteiger partial charge in [0.05, 0.1) is 24.9 Å². The second-order valence-electron chi connectivity index (χ2n) is 8.59. The average molecular weight is 483 g/mol. The third-order valence-electron chi connectivity index (χ3n) is 6.30. The van der Waals surface area contributed by atoms with Crippen LogP contribution >= 0.6 is 0 Å². The van der Waals surface area contributed by atoms with Crippen molar-refractivity contribution in [1.82, 2.24) is 34.4 Å². The summed E-state index contributed by atoms with van der Waals surface area (Å²) in [5.74, 6) is 2.04. The maximum atomic E-state index is 13.3. The molecule has 11 heteroatoms. The highest BCUT2D eigenvalue weighted by atomic mass is 16.5. The molecule has 0 bridgehead atoms. The molecule has 3 aromatic heterocycles. The molecule has 1 fully saturated rings. The van der Waals surface area contributed by atoms with Gasteiger partial charge in [0.15, 0.2) is 17.0 Å². The number of ether oxygens (including phenoxy) is 2. The van der Waals surface area contributed by atoms with Gasteiger partial charge < -0.3 is 24.3 Å². The largest absolute Gasteiger partial charge is 0.382 e. The Balaban J connectivity index is 1.51. The molecule has 0 spiro atoms. The summed E-state index contributed by atoms with van der Waals surface area (Å²) in [7, 11) is 1.67. The highest BCUT2D eigenvalue weighted by Crippen LogP contribution is 2.27. The Kier molecular flexibility index (Phi) is 8.19. The van der Waals surface area contributed by atoms with Crippen LogP contribution in [0.5, 0.6) is 0 Å². The van der Waals surface area contributed by atoms with Gasteiger partial charge >= 0.3 is 0 Å². The Bertz CT molecular complexity index is 1130. The number of carbonyl (C=O) groups excluding carboxylic acids is 1. The smallest absolute Gasteiger partial charge is 0.245 e. The van der Waals surface area contributed by atoms with E-state index in [0.717, 1.165) is 24.2 Å². The maximum Gasteiger partial charge on any atom is 0.245 e. The van der Waals surface area contributed by atoms with Crippen molar-refractivity contribution in [3.8, 4) is 11.4 Å². The van der Waals surface area contributed by atoms with E-state index in [-0.39, 0.29) is 12.0 Å². The molecule has 4 heterocycles. The fourth-order valence-electron chi connectivity index (χ4n) is 4.33. The first kappa shape index (κ1) is 24.9. The van der Waals surface area contributed by atoms with Gasteiger partial charge in [0, 0.05) is 39.1 Å². The van der Waals surface area contributed by atoms with Crippen molar-refractivity contribution in [3.63, 3.8) is 0 Å². The van der Waals surface area contributed by atoms with Crippen molar-refractivity contribution >= 4 is 22.9 Å². The highest BCUT2D eigenvalue weighted by Gasteiger charge is 2.29. The van der Waals surface area contributed by atoms with Gasteiger partial charge in [-0.25, -0.2) is 24.9 Å². The van der Waals surface area contributed by atoms with E-state index in [1.807, 2.05) is 30.2 Å². The minimum atomic E-state index is -0.406. The molecule has 11 nitrogen and oxygen atoms in total. The first-order chi connectivity index (χ1) is 17.0. The number of nitrogens with one attached hydrogen (secondary N) is 1. The first-order valence-corrected chi connectivity index (χ1v) is 12.2. The Morgan fingerprint density at radius 1 is 1.14 bits per heavy atom. The summed E-state index contributed by atoms with van der Waals surface area (Å²) in [5.41, 5.74) is 2.14. The average Bonchev–Trinajstić information content (AvgIpc) is 3.27. The number of hydrogen-bond donors (Lipinski definition) is 1. The Morgan fingerprint density at radius 3 is 2.54 bits per heavy atom. The zero-order valence-electron chi connectivity index (χ0n) is 20.9. The van der Waals surface area contributed by atoms with Gasteiger partial charge in [0.1, 0.15) is 24.0 Å². The number of carbonyl (C=O) groups is 1. The minimum Gasteiger partial charge on any atom is -0.382 e. The summed E-state index contributed by atoms with van der Waals surface area (Å²) in [6.45, 7) is 9.07. The number of amides is 1. The number of fused-ring (bicyclic) bond motifs is 1. The number of methoxy groups -OCH3 is 1. The number of hydrogen-bond acceptors (Lipinski definition) is 9. The molecular formula is C24H34N8O3. The lowest BCUT2D eigenvalue weighted by atomic mass is 10.1. The number of rotatable bonds is 10. The van der Waals surface area contributed by atoms with Crippen molar-refractivity contribution in [2.24, 2.45) is 0 Å². The summed E-state index contributed by atoms with van der Waals surface area (Å²) in [6.07, 6.45) is 7.48. The van der Waals surface area contributed by atoms with Crippen molar-refractivity contribution in [2.75, 3.05) is 38.7 Å². The number of nitrogens with zero attached hydrogens (tertiary/aromatic N) is 7. The Hall–Kier alpha value is -3.18. The van der Waals surface area contributed by atoms with Gasteiger partial charge in [-0.2, -0.15) is 0 Å². The molecular weight excluding hydrogens is 448 g/mol. The molecule has 1 N–H and O–H groups in total. The van der Waals surface area contributed by atoms with Gasteiger partial charge in [-0.3, -0.25) is 4.79 Å². The van der Waals surface area contributed by atoms with Gasteiger partial charge in [-0.05, 0) is 33.1 Å². The molecule has 0 aliphatic carbocycles.